The number of thiophene rings is 1. The first-order valence-corrected chi connectivity index (χ1v) is 10.7. The number of ketones is 1. The van der Waals surface area contributed by atoms with Crippen LogP contribution in [-0.2, 0) is 11.3 Å². The average Bonchev–Trinajstić information content (AvgIpc) is 3.38. The third-order valence-electron chi connectivity index (χ3n) is 4.12. The summed E-state index contributed by atoms with van der Waals surface area (Å²) in [5.74, 6) is 0.199. The topological polar surface area (TPSA) is 89.8 Å². The van der Waals surface area contributed by atoms with E-state index >= 15 is 0 Å². The van der Waals surface area contributed by atoms with Crippen molar-refractivity contribution in [2.45, 2.75) is 18.5 Å². The van der Waals surface area contributed by atoms with Crippen LogP contribution in [0.5, 0.6) is 0 Å². The monoisotopic (exact) mass is 423 g/mol. The minimum absolute atomic E-state index is 0.0243. The van der Waals surface area contributed by atoms with Crippen LogP contribution in [0, 0.1) is 0 Å². The van der Waals surface area contributed by atoms with Crippen LogP contribution in [0.3, 0.4) is 0 Å². The second kappa shape index (κ2) is 8.54. The lowest BCUT2D eigenvalue weighted by Crippen LogP contribution is -2.18. The van der Waals surface area contributed by atoms with Crippen LogP contribution in [-0.4, -0.2) is 37.2 Å². The van der Waals surface area contributed by atoms with Crippen molar-refractivity contribution in [1.82, 2.24) is 25.1 Å². The predicted octanol–water partition coefficient (Wildman–Crippen LogP) is 3.49. The molecule has 4 aromatic rings. The van der Waals surface area contributed by atoms with Gasteiger partial charge in [-0.05, 0) is 24.3 Å². The van der Waals surface area contributed by atoms with Crippen LogP contribution in [0.15, 0.2) is 60.0 Å². The quantitative estimate of drug-likeness (QED) is 0.278. The van der Waals surface area contributed by atoms with E-state index in [0.717, 1.165) is 21.0 Å². The highest BCUT2D eigenvalue weighted by molar-refractivity contribution is 8.00. The Kier molecular flexibility index (Phi) is 5.68. The Bertz CT molecular complexity index is 1170. The van der Waals surface area contributed by atoms with E-state index in [9.17, 15) is 9.59 Å². The molecular formula is C20H17N5O2S2. The number of nitrogens with zero attached hydrogens (tertiary/aromatic N) is 4. The van der Waals surface area contributed by atoms with Crippen LogP contribution in [0.25, 0.3) is 16.7 Å². The minimum atomic E-state index is -0.0920. The number of carbonyl (C=O) groups is 2. The van der Waals surface area contributed by atoms with E-state index in [2.05, 4.69) is 20.4 Å². The molecule has 0 saturated heterocycles. The van der Waals surface area contributed by atoms with Crippen molar-refractivity contribution in [1.29, 1.82) is 0 Å². The van der Waals surface area contributed by atoms with Gasteiger partial charge in [0.15, 0.2) is 11.4 Å². The lowest BCUT2D eigenvalue weighted by Gasteiger charge is -2.03. The first kappa shape index (κ1) is 19.3. The van der Waals surface area contributed by atoms with E-state index in [1.54, 1.807) is 16.9 Å². The molecule has 1 amide bonds. The molecule has 0 atom stereocenters. The second-order valence-corrected chi connectivity index (χ2v) is 8.33. The maximum atomic E-state index is 12.6. The van der Waals surface area contributed by atoms with E-state index in [-0.39, 0.29) is 17.4 Å². The van der Waals surface area contributed by atoms with E-state index in [4.69, 9.17) is 0 Å². The summed E-state index contributed by atoms with van der Waals surface area (Å²) in [6.07, 6.45) is 3.22. The van der Waals surface area contributed by atoms with Crippen molar-refractivity contribution < 1.29 is 9.59 Å². The summed E-state index contributed by atoms with van der Waals surface area (Å²) in [5.41, 5.74) is 1.62. The van der Waals surface area contributed by atoms with Crippen LogP contribution in [0.4, 0.5) is 0 Å². The molecule has 0 aliphatic carbocycles. The van der Waals surface area contributed by atoms with Gasteiger partial charge in [0.05, 0.1) is 34.4 Å². The number of nitrogens with one attached hydrogen (secondary N) is 1. The molecule has 0 radical (unpaired) electrons. The Labute approximate surface area is 175 Å². The Hall–Kier alpha value is -3.04. The number of benzene rings is 1. The normalized spacial score (nSPS) is 10.9. The Morgan fingerprint density at radius 1 is 1.14 bits per heavy atom. The van der Waals surface area contributed by atoms with E-state index < -0.39 is 0 Å². The Morgan fingerprint density at radius 3 is 2.76 bits per heavy atom. The third-order valence-corrected chi connectivity index (χ3v) is 6.25. The number of fused-ring (bicyclic) bond motifs is 1. The molecule has 1 aromatic carbocycles. The largest absolute Gasteiger partial charge is 0.351 e. The van der Waals surface area contributed by atoms with Gasteiger partial charge in [-0.3, -0.25) is 9.59 Å². The Balaban J connectivity index is 1.48. The molecule has 1 N–H and O–H groups in total. The van der Waals surface area contributed by atoms with Gasteiger partial charge in [0, 0.05) is 11.8 Å². The van der Waals surface area contributed by atoms with Crippen molar-refractivity contribution in [2.75, 3.05) is 5.75 Å². The fourth-order valence-electron chi connectivity index (χ4n) is 2.74. The number of aromatic nitrogens is 4. The van der Waals surface area contributed by atoms with Gasteiger partial charge < -0.3 is 5.32 Å². The van der Waals surface area contributed by atoms with Crippen molar-refractivity contribution in [3.8, 4) is 5.69 Å². The fraction of sp³-hybridized carbons (Fsp3) is 0.150. The van der Waals surface area contributed by atoms with Gasteiger partial charge >= 0.3 is 0 Å². The Morgan fingerprint density at radius 2 is 1.97 bits per heavy atom. The van der Waals surface area contributed by atoms with Crippen molar-refractivity contribution in [3.05, 3.63) is 64.7 Å². The molecule has 29 heavy (non-hydrogen) atoms. The van der Waals surface area contributed by atoms with Gasteiger partial charge in [-0.25, -0.2) is 14.6 Å². The number of Topliss-reactive ketones (excluding diaryl/α,β-unsaturated/α-hetero) is 1. The van der Waals surface area contributed by atoms with Gasteiger partial charge in [-0.15, -0.1) is 11.3 Å². The molecule has 4 rings (SSSR count). The molecule has 9 heteroatoms. The van der Waals surface area contributed by atoms with Crippen LogP contribution >= 0.6 is 23.1 Å². The van der Waals surface area contributed by atoms with Crippen LogP contribution < -0.4 is 5.32 Å². The zero-order valence-corrected chi connectivity index (χ0v) is 17.2. The molecule has 0 aliphatic heterocycles. The molecule has 7 nitrogen and oxygen atoms in total. The van der Waals surface area contributed by atoms with E-state index in [1.165, 1.54) is 36.3 Å². The highest BCUT2D eigenvalue weighted by Crippen LogP contribution is 2.27. The van der Waals surface area contributed by atoms with Crippen molar-refractivity contribution >= 4 is 45.8 Å². The molecule has 146 valence electrons. The number of hydrogen-bond acceptors (Lipinski definition) is 7. The van der Waals surface area contributed by atoms with Crippen LogP contribution in [0.2, 0.25) is 0 Å². The van der Waals surface area contributed by atoms with Gasteiger partial charge in [0.2, 0.25) is 5.91 Å². The zero-order chi connectivity index (χ0) is 20.2. The molecule has 0 fully saturated rings. The van der Waals surface area contributed by atoms with Crippen molar-refractivity contribution in [3.63, 3.8) is 0 Å². The lowest BCUT2D eigenvalue weighted by molar-refractivity contribution is -0.119. The zero-order valence-electron chi connectivity index (χ0n) is 15.5. The number of thioether (sulfide) groups is 1. The minimum Gasteiger partial charge on any atom is -0.351 e. The molecule has 0 aliphatic rings. The summed E-state index contributed by atoms with van der Waals surface area (Å²) in [6, 6.07) is 13.4. The lowest BCUT2D eigenvalue weighted by atomic mass is 10.3. The number of hydrogen-bond donors (Lipinski definition) is 1. The summed E-state index contributed by atoms with van der Waals surface area (Å²) in [7, 11) is 0. The molecule has 3 aromatic heterocycles. The predicted molar refractivity (Wildman–Crippen MR) is 114 cm³/mol. The highest BCUT2D eigenvalue weighted by Gasteiger charge is 2.15. The summed E-state index contributed by atoms with van der Waals surface area (Å²) >= 11 is 2.77. The molecular weight excluding hydrogens is 406 g/mol. The van der Waals surface area contributed by atoms with Crippen LogP contribution in [0.1, 0.15) is 21.5 Å². The fourth-order valence-corrected chi connectivity index (χ4v) is 4.56. The first-order chi connectivity index (χ1) is 14.1. The molecule has 0 spiro atoms. The molecule has 3 heterocycles. The third kappa shape index (κ3) is 4.36. The van der Waals surface area contributed by atoms with Gasteiger partial charge in [0.25, 0.3) is 0 Å². The maximum Gasteiger partial charge on any atom is 0.217 e. The molecule has 0 saturated carbocycles. The van der Waals surface area contributed by atoms with Gasteiger partial charge in [0.1, 0.15) is 11.4 Å². The van der Waals surface area contributed by atoms with Gasteiger partial charge in [-0.2, -0.15) is 5.10 Å². The summed E-state index contributed by atoms with van der Waals surface area (Å²) in [4.78, 5) is 33.9. The number of carbonyl (C=O) groups excluding carboxylic acids is 2. The number of amides is 1. The number of rotatable bonds is 7. The van der Waals surface area contributed by atoms with E-state index in [0.29, 0.717) is 17.1 Å². The highest BCUT2D eigenvalue weighted by atomic mass is 32.2. The SMILES string of the molecule is CC(=O)NCc1ccc(C(=O)CSc2ncnc3c2cnn3-c2ccccc2)s1. The maximum absolute atomic E-state index is 12.6. The first-order valence-electron chi connectivity index (χ1n) is 8.85. The molecule has 0 unspecified atom stereocenters. The van der Waals surface area contributed by atoms with Gasteiger partial charge in [-0.1, -0.05) is 30.0 Å². The summed E-state index contributed by atoms with van der Waals surface area (Å²) in [6.45, 7) is 1.91. The number of para-hydroxylation sites is 1. The smallest absolute Gasteiger partial charge is 0.217 e. The van der Waals surface area contributed by atoms with Crippen molar-refractivity contribution in [2.24, 2.45) is 0 Å². The second-order valence-electron chi connectivity index (χ2n) is 6.20. The summed E-state index contributed by atoms with van der Waals surface area (Å²) in [5, 5.41) is 8.70. The molecule has 0 bridgehead atoms. The summed E-state index contributed by atoms with van der Waals surface area (Å²) < 4.78 is 1.76. The van der Waals surface area contributed by atoms with E-state index in [1.807, 2.05) is 36.4 Å². The standard InChI is InChI=1S/C20H17N5O2S2/c1-13(26)21-9-15-7-8-18(29-15)17(27)11-28-20-16-10-24-25(19(16)22-12-23-20)14-5-3-2-4-6-14/h2-8,10,12H,9,11H2,1H3,(H,21,26). The average molecular weight is 424 g/mol.